The van der Waals surface area contributed by atoms with E-state index in [-0.39, 0.29) is 0 Å². The van der Waals surface area contributed by atoms with Crippen LogP contribution in [-0.2, 0) is 6.42 Å². The Bertz CT molecular complexity index is 641. The number of pyridine rings is 1. The molecule has 0 amide bonds. The van der Waals surface area contributed by atoms with Gasteiger partial charge in [0.1, 0.15) is 5.15 Å². The van der Waals surface area contributed by atoms with Crippen LogP contribution in [-0.4, -0.2) is 36.1 Å². The molecule has 1 aromatic heterocycles. The maximum atomic E-state index is 5.89. The summed E-state index contributed by atoms with van der Waals surface area (Å²) < 4.78 is 0. The van der Waals surface area contributed by atoms with E-state index in [0.717, 1.165) is 19.6 Å². The monoisotopic (exact) mass is 299 g/mol. The summed E-state index contributed by atoms with van der Waals surface area (Å²) in [6.07, 6.45) is 3.06. The molecule has 0 N–H and O–H groups in total. The highest BCUT2D eigenvalue weighted by molar-refractivity contribution is 6.29. The van der Waals surface area contributed by atoms with Crippen LogP contribution in [0.2, 0.25) is 5.15 Å². The molecule has 0 saturated carbocycles. The van der Waals surface area contributed by atoms with Crippen molar-refractivity contribution in [2.24, 2.45) is 0 Å². The van der Waals surface area contributed by atoms with Crippen molar-refractivity contribution in [1.82, 2.24) is 9.88 Å². The Morgan fingerprint density at radius 1 is 1.05 bits per heavy atom. The first-order valence-corrected chi connectivity index (χ1v) is 7.87. The van der Waals surface area contributed by atoms with Gasteiger partial charge in [-0.25, -0.2) is 4.98 Å². The quantitative estimate of drug-likeness (QED) is 0.754. The van der Waals surface area contributed by atoms with Crippen molar-refractivity contribution in [1.29, 1.82) is 0 Å². The zero-order chi connectivity index (χ0) is 14.2. The maximum Gasteiger partial charge on any atom is 0.129 e. The lowest BCUT2D eigenvalue weighted by Gasteiger charge is -2.45. The number of nitrogens with zero attached hydrogens (tertiary/aromatic N) is 3. The van der Waals surface area contributed by atoms with Gasteiger partial charge in [-0.05, 0) is 29.7 Å². The van der Waals surface area contributed by atoms with E-state index in [1.54, 1.807) is 0 Å². The van der Waals surface area contributed by atoms with Gasteiger partial charge < -0.3 is 4.90 Å². The number of rotatable bonds is 1. The molecule has 0 bridgehead atoms. The van der Waals surface area contributed by atoms with E-state index >= 15 is 0 Å². The molecular weight excluding hydrogens is 282 g/mol. The Balaban J connectivity index is 1.62. The van der Waals surface area contributed by atoms with Crippen molar-refractivity contribution < 1.29 is 0 Å². The number of halogens is 1. The summed E-state index contributed by atoms with van der Waals surface area (Å²) in [5.41, 5.74) is 4.17. The van der Waals surface area contributed by atoms with Crippen molar-refractivity contribution >= 4 is 17.3 Å². The van der Waals surface area contributed by atoms with Gasteiger partial charge >= 0.3 is 0 Å². The summed E-state index contributed by atoms with van der Waals surface area (Å²) >= 11 is 5.89. The first-order valence-electron chi connectivity index (χ1n) is 7.49. The Morgan fingerprint density at radius 3 is 2.81 bits per heavy atom. The molecule has 2 aliphatic rings. The molecule has 1 fully saturated rings. The Morgan fingerprint density at radius 2 is 1.95 bits per heavy atom. The second kappa shape index (κ2) is 5.32. The second-order valence-electron chi connectivity index (χ2n) is 5.79. The Hall–Kier alpha value is -1.58. The van der Waals surface area contributed by atoms with Crippen LogP contribution in [0.25, 0.3) is 0 Å². The molecule has 3 nitrogen and oxygen atoms in total. The Kier molecular flexibility index (Phi) is 3.32. The number of hydrogen-bond donors (Lipinski definition) is 0. The van der Waals surface area contributed by atoms with E-state index in [1.807, 2.05) is 12.3 Å². The van der Waals surface area contributed by atoms with Gasteiger partial charge in [-0.3, -0.25) is 4.90 Å². The van der Waals surface area contributed by atoms with Gasteiger partial charge in [-0.1, -0.05) is 35.9 Å². The van der Waals surface area contributed by atoms with Gasteiger partial charge in [-0.15, -0.1) is 0 Å². The third kappa shape index (κ3) is 2.41. The molecule has 0 unspecified atom stereocenters. The minimum Gasteiger partial charge on any atom is -0.367 e. The molecule has 1 aromatic carbocycles. The van der Waals surface area contributed by atoms with E-state index in [1.165, 1.54) is 29.8 Å². The van der Waals surface area contributed by atoms with Crippen molar-refractivity contribution in [3.8, 4) is 0 Å². The first-order chi connectivity index (χ1) is 10.3. The molecule has 1 saturated heterocycles. The number of aromatic nitrogens is 1. The standard InChI is InChI=1S/C17H18ClN3/c18-17-6-5-14(11-19-17)21-10-9-20-8-7-13-3-1-2-4-15(13)16(20)12-21/h1-6,11,16H,7-10,12H2/t16-/m0/s1. The van der Waals surface area contributed by atoms with E-state index in [0.29, 0.717) is 11.2 Å². The fourth-order valence-electron chi connectivity index (χ4n) is 3.52. The van der Waals surface area contributed by atoms with Gasteiger partial charge in [0.25, 0.3) is 0 Å². The minimum absolute atomic E-state index is 0.499. The lowest BCUT2D eigenvalue weighted by atomic mass is 9.91. The molecule has 108 valence electrons. The van der Waals surface area contributed by atoms with Crippen LogP contribution >= 0.6 is 11.6 Å². The number of piperazine rings is 1. The van der Waals surface area contributed by atoms with E-state index < -0.39 is 0 Å². The highest BCUT2D eigenvalue weighted by Crippen LogP contribution is 2.33. The smallest absolute Gasteiger partial charge is 0.129 e. The van der Waals surface area contributed by atoms with Crippen LogP contribution in [0.5, 0.6) is 0 Å². The van der Waals surface area contributed by atoms with Crippen molar-refractivity contribution in [2.45, 2.75) is 12.5 Å². The zero-order valence-electron chi connectivity index (χ0n) is 11.9. The fraction of sp³-hybridized carbons (Fsp3) is 0.353. The van der Waals surface area contributed by atoms with Crippen LogP contribution < -0.4 is 4.90 Å². The normalized spacial score (nSPS) is 21.8. The van der Waals surface area contributed by atoms with Crippen LogP contribution in [0.3, 0.4) is 0 Å². The number of fused-ring (bicyclic) bond motifs is 3. The SMILES string of the molecule is Clc1ccc(N2CCN3CCc4ccccc4[C@@H]3C2)cn1. The van der Waals surface area contributed by atoms with Gasteiger partial charge in [-0.2, -0.15) is 0 Å². The molecule has 21 heavy (non-hydrogen) atoms. The predicted octanol–water partition coefficient (Wildman–Crippen LogP) is 3.15. The summed E-state index contributed by atoms with van der Waals surface area (Å²) in [5, 5.41) is 0.556. The largest absolute Gasteiger partial charge is 0.367 e. The van der Waals surface area contributed by atoms with Crippen molar-refractivity contribution in [3.63, 3.8) is 0 Å². The molecule has 1 atom stereocenters. The number of hydrogen-bond acceptors (Lipinski definition) is 3. The molecule has 0 spiro atoms. The minimum atomic E-state index is 0.499. The maximum absolute atomic E-state index is 5.89. The highest BCUT2D eigenvalue weighted by Gasteiger charge is 2.32. The van der Waals surface area contributed by atoms with Gasteiger partial charge in [0.15, 0.2) is 0 Å². The van der Waals surface area contributed by atoms with E-state index in [4.69, 9.17) is 11.6 Å². The molecule has 4 heteroatoms. The predicted molar refractivity (Wildman–Crippen MR) is 85.9 cm³/mol. The van der Waals surface area contributed by atoms with Crippen LogP contribution in [0.1, 0.15) is 17.2 Å². The third-order valence-corrected chi connectivity index (χ3v) is 4.87. The fourth-order valence-corrected chi connectivity index (χ4v) is 3.64. The lowest BCUT2D eigenvalue weighted by Crippen LogP contribution is -2.51. The summed E-state index contributed by atoms with van der Waals surface area (Å²) in [6, 6.07) is 13.3. The number of anilines is 1. The molecule has 0 radical (unpaired) electrons. The summed E-state index contributed by atoms with van der Waals surface area (Å²) in [5.74, 6) is 0. The van der Waals surface area contributed by atoms with Crippen molar-refractivity contribution in [2.75, 3.05) is 31.1 Å². The molecule has 3 heterocycles. The molecule has 2 aliphatic heterocycles. The van der Waals surface area contributed by atoms with E-state index in [2.05, 4.69) is 45.1 Å². The van der Waals surface area contributed by atoms with Crippen molar-refractivity contribution in [3.05, 3.63) is 58.9 Å². The topological polar surface area (TPSA) is 19.4 Å². The Labute approximate surface area is 130 Å². The summed E-state index contributed by atoms with van der Waals surface area (Å²) in [6.45, 7) is 4.37. The first kappa shape index (κ1) is 13.1. The summed E-state index contributed by atoms with van der Waals surface area (Å²) in [4.78, 5) is 9.25. The average Bonchev–Trinajstić information content (AvgIpc) is 2.55. The van der Waals surface area contributed by atoms with Gasteiger partial charge in [0.05, 0.1) is 17.9 Å². The second-order valence-corrected chi connectivity index (χ2v) is 6.17. The van der Waals surface area contributed by atoms with Crippen LogP contribution in [0, 0.1) is 0 Å². The third-order valence-electron chi connectivity index (χ3n) is 4.65. The van der Waals surface area contributed by atoms with Gasteiger partial charge in [0.2, 0.25) is 0 Å². The average molecular weight is 300 g/mol. The van der Waals surface area contributed by atoms with Crippen LogP contribution in [0.15, 0.2) is 42.6 Å². The number of benzene rings is 1. The molecule has 2 aromatic rings. The highest BCUT2D eigenvalue weighted by atomic mass is 35.5. The van der Waals surface area contributed by atoms with Crippen LogP contribution in [0.4, 0.5) is 5.69 Å². The molecule has 0 aliphatic carbocycles. The summed E-state index contributed by atoms with van der Waals surface area (Å²) in [7, 11) is 0. The lowest BCUT2D eigenvalue weighted by molar-refractivity contribution is 0.167. The van der Waals surface area contributed by atoms with E-state index in [9.17, 15) is 0 Å². The molecule has 4 rings (SSSR count). The zero-order valence-corrected chi connectivity index (χ0v) is 12.6. The van der Waals surface area contributed by atoms with Gasteiger partial charge in [0, 0.05) is 26.2 Å². The molecular formula is C17H18ClN3.